The second-order valence-electron chi connectivity index (χ2n) is 7.17. The number of halogens is 3. The van der Waals surface area contributed by atoms with Gasteiger partial charge in [-0.1, -0.05) is 25.0 Å². The number of para-hydroxylation sites is 1. The van der Waals surface area contributed by atoms with E-state index in [4.69, 9.17) is 0 Å². The van der Waals surface area contributed by atoms with Crippen LogP contribution >= 0.6 is 0 Å². The number of anilines is 1. The molecule has 2 aliphatic rings. The zero-order chi connectivity index (χ0) is 19.4. The molecule has 1 aliphatic heterocycles. The number of carbonyl (C=O) groups excluding carboxylic acids is 2. The largest absolute Gasteiger partial charge is 0.418 e. The Morgan fingerprint density at radius 2 is 1.67 bits per heavy atom. The smallest absolute Gasteiger partial charge is 0.340 e. The highest BCUT2D eigenvalue weighted by Crippen LogP contribution is 2.34. The van der Waals surface area contributed by atoms with Crippen LogP contribution in [0, 0.1) is 5.92 Å². The molecule has 1 saturated heterocycles. The Labute approximate surface area is 156 Å². The molecule has 2 amide bonds. The lowest BCUT2D eigenvalue weighted by atomic mass is 10.1. The van der Waals surface area contributed by atoms with E-state index in [-0.39, 0.29) is 24.1 Å². The molecule has 0 unspecified atom stereocenters. The fraction of sp³-hybridized carbons (Fsp3) is 0.579. The number of hydrogen-bond donors (Lipinski definition) is 1. The van der Waals surface area contributed by atoms with E-state index in [1.54, 1.807) is 0 Å². The van der Waals surface area contributed by atoms with Crippen LogP contribution in [-0.2, 0) is 15.8 Å². The third-order valence-corrected chi connectivity index (χ3v) is 5.26. The molecule has 1 aliphatic carbocycles. The molecule has 8 heteroatoms. The van der Waals surface area contributed by atoms with Crippen LogP contribution in [0.4, 0.5) is 18.9 Å². The molecule has 1 heterocycles. The first kappa shape index (κ1) is 19.7. The van der Waals surface area contributed by atoms with Gasteiger partial charge >= 0.3 is 6.18 Å². The normalized spacial score (nSPS) is 19.3. The summed E-state index contributed by atoms with van der Waals surface area (Å²) in [6, 6.07) is 4.94. The van der Waals surface area contributed by atoms with Gasteiger partial charge in [0.2, 0.25) is 11.8 Å². The van der Waals surface area contributed by atoms with Gasteiger partial charge in [0.15, 0.2) is 0 Å². The number of amides is 2. The van der Waals surface area contributed by atoms with Crippen LogP contribution < -0.4 is 5.32 Å². The van der Waals surface area contributed by atoms with E-state index in [0.29, 0.717) is 26.2 Å². The zero-order valence-corrected chi connectivity index (χ0v) is 15.1. The first-order valence-corrected chi connectivity index (χ1v) is 9.32. The van der Waals surface area contributed by atoms with Gasteiger partial charge in [0.05, 0.1) is 17.8 Å². The van der Waals surface area contributed by atoms with Crippen molar-refractivity contribution in [2.24, 2.45) is 5.92 Å². The molecule has 2 fully saturated rings. The molecule has 5 nitrogen and oxygen atoms in total. The van der Waals surface area contributed by atoms with Crippen molar-refractivity contribution in [2.75, 3.05) is 38.0 Å². The van der Waals surface area contributed by atoms with E-state index >= 15 is 0 Å². The standard InChI is InChI=1S/C19H24F3N3O2/c20-19(21,22)15-7-3-4-8-16(15)23-17(26)13-24-9-11-25(12-10-24)18(27)14-5-1-2-6-14/h3-4,7-8,14H,1-2,5-6,9-13H2,(H,23,26). The Bertz CT molecular complexity index is 679. The third-order valence-electron chi connectivity index (χ3n) is 5.26. The van der Waals surface area contributed by atoms with Gasteiger partial charge in [-0.05, 0) is 25.0 Å². The molecule has 1 aromatic rings. The van der Waals surface area contributed by atoms with Crippen LogP contribution in [0.2, 0.25) is 0 Å². The Morgan fingerprint density at radius 3 is 2.30 bits per heavy atom. The highest BCUT2D eigenvalue weighted by Gasteiger charge is 2.34. The fourth-order valence-electron chi connectivity index (χ4n) is 3.79. The van der Waals surface area contributed by atoms with Crippen LogP contribution in [0.5, 0.6) is 0 Å². The zero-order valence-electron chi connectivity index (χ0n) is 15.1. The molecule has 1 saturated carbocycles. The van der Waals surface area contributed by atoms with Gasteiger partial charge in [-0.3, -0.25) is 14.5 Å². The predicted molar refractivity (Wildman–Crippen MR) is 95.1 cm³/mol. The van der Waals surface area contributed by atoms with Gasteiger partial charge in [0.1, 0.15) is 0 Å². The number of nitrogens with zero attached hydrogens (tertiary/aromatic N) is 2. The Kier molecular flexibility index (Phi) is 6.04. The summed E-state index contributed by atoms with van der Waals surface area (Å²) in [5.74, 6) is -0.142. The lowest BCUT2D eigenvalue weighted by molar-refractivity contribution is -0.137. The van der Waals surface area contributed by atoms with E-state index in [2.05, 4.69) is 5.32 Å². The average Bonchev–Trinajstić information content (AvgIpc) is 3.16. The topological polar surface area (TPSA) is 52.7 Å². The predicted octanol–water partition coefficient (Wildman–Crippen LogP) is 2.98. The molecule has 0 atom stereocenters. The Morgan fingerprint density at radius 1 is 1.04 bits per heavy atom. The van der Waals surface area contributed by atoms with Crippen molar-refractivity contribution in [3.63, 3.8) is 0 Å². The number of carbonyl (C=O) groups is 2. The first-order valence-electron chi connectivity index (χ1n) is 9.32. The van der Waals surface area contributed by atoms with Gasteiger partial charge < -0.3 is 10.2 Å². The van der Waals surface area contributed by atoms with E-state index < -0.39 is 17.6 Å². The van der Waals surface area contributed by atoms with E-state index in [9.17, 15) is 22.8 Å². The molecule has 1 aromatic carbocycles. The van der Waals surface area contributed by atoms with Crippen molar-refractivity contribution in [3.05, 3.63) is 29.8 Å². The SMILES string of the molecule is O=C(CN1CCN(C(=O)C2CCCC2)CC1)Nc1ccccc1C(F)(F)F. The van der Waals surface area contributed by atoms with Crippen LogP contribution in [-0.4, -0.2) is 54.3 Å². The molecule has 0 spiro atoms. The van der Waals surface area contributed by atoms with Crippen LogP contribution in [0.15, 0.2) is 24.3 Å². The molecule has 0 radical (unpaired) electrons. The maximum absolute atomic E-state index is 13.0. The summed E-state index contributed by atoms with van der Waals surface area (Å²) in [4.78, 5) is 28.3. The average molecular weight is 383 g/mol. The van der Waals surface area contributed by atoms with Crippen molar-refractivity contribution in [1.29, 1.82) is 0 Å². The van der Waals surface area contributed by atoms with E-state index in [1.165, 1.54) is 18.2 Å². The molecule has 148 valence electrons. The van der Waals surface area contributed by atoms with Crippen molar-refractivity contribution < 1.29 is 22.8 Å². The maximum atomic E-state index is 13.0. The highest BCUT2D eigenvalue weighted by molar-refractivity contribution is 5.93. The molecular weight excluding hydrogens is 359 g/mol. The molecular formula is C19H24F3N3O2. The first-order chi connectivity index (χ1) is 12.8. The van der Waals surface area contributed by atoms with Crippen molar-refractivity contribution in [3.8, 4) is 0 Å². The summed E-state index contributed by atoms with van der Waals surface area (Å²) in [6.45, 7) is 2.22. The number of piperazine rings is 1. The molecule has 0 bridgehead atoms. The Hall–Kier alpha value is -2.09. The minimum atomic E-state index is -4.52. The summed E-state index contributed by atoms with van der Waals surface area (Å²) < 4.78 is 39.0. The molecule has 0 aromatic heterocycles. The molecule has 3 rings (SSSR count). The maximum Gasteiger partial charge on any atom is 0.418 e. The Balaban J connectivity index is 1.49. The second-order valence-corrected chi connectivity index (χ2v) is 7.17. The van der Waals surface area contributed by atoms with Crippen LogP contribution in [0.25, 0.3) is 0 Å². The third kappa shape index (κ3) is 5.00. The van der Waals surface area contributed by atoms with E-state index in [0.717, 1.165) is 31.7 Å². The van der Waals surface area contributed by atoms with Crippen LogP contribution in [0.3, 0.4) is 0 Å². The monoisotopic (exact) mass is 383 g/mol. The van der Waals surface area contributed by atoms with Crippen molar-refractivity contribution >= 4 is 17.5 Å². The summed E-state index contributed by atoms with van der Waals surface area (Å²) in [5.41, 5.74) is -1.09. The molecule has 27 heavy (non-hydrogen) atoms. The number of rotatable bonds is 4. The van der Waals surface area contributed by atoms with Gasteiger partial charge in [-0.2, -0.15) is 13.2 Å². The number of alkyl halides is 3. The van der Waals surface area contributed by atoms with Crippen molar-refractivity contribution in [1.82, 2.24) is 9.80 Å². The second kappa shape index (κ2) is 8.29. The van der Waals surface area contributed by atoms with E-state index in [1.807, 2.05) is 9.80 Å². The molecule has 1 N–H and O–H groups in total. The van der Waals surface area contributed by atoms with Crippen molar-refractivity contribution in [2.45, 2.75) is 31.9 Å². The number of benzene rings is 1. The minimum Gasteiger partial charge on any atom is -0.340 e. The van der Waals surface area contributed by atoms with Gasteiger partial charge in [0, 0.05) is 32.1 Å². The van der Waals surface area contributed by atoms with Gasteiger partial charge in [-0.15, -0.1) is 0 Å². The fourth-order valence-corrected chi connectivity index (χ4v) is 3.79. The lowest BCUT2D eigenvalue weighted by Crippen LogP contribution is -2.51. The van der Waals surface area contributed by atoms with Crippen LogP contribution in [0.1, 0.15) is 31.2 Å². The number of hydrogen-bond acceptors (Lipinski definition) is 3. The summed E-state index contributed by atoms with van der Waals surface area (Å²) in [5, 5.41) is 2.36. The summed E-state index contributed by atoms with van der Waals surface area (Å²) in [7, 11) is 0. The minimum absolute atomic E-state index is 0.0116. The van der Waals surface area contributed by atoms with Gasteiger partial charge in [0.25, 0.3) is 0 Å². The summed E-state index contributed by atoms with van der Waals surface area (Å²) in [6.07, 6.45) is -0.387. The number of nitrogens with one attached hydrogen (secondary N) is 1. The summed E-state index contributed by atoms with van der Waals surface area (Å²) >= 11 is 0. The highest BCUT2D eigenvalue weighted by atomic mass is 19.4. The lowest BCUT2D eigenvalue weighted by Gasteiger charge is -2.35. The van der Waals surface area contributed by atoms with Gasteiger partial charge in [-0.25, -0.2) is 0 Å². The quantitative estimate of drug-likeness (QED) is 0.870.